The summed E-state index contributed by atoms with van der Waals surface area (Å²) in [6, 6.07) is -0.147. The summed E-state index contributed by atoms with van der Waals surface area (Å²) in [4.78, 5) is 12.1. The summed E-state index contributed by atoms with van der Waals surface area (Å²) < 4.78 is 0. The number of hydrogen-bond donors (Lipinski definition) is 2. The Labute approximate surface area is 70.8 Å². The highest BCUT2D eigenvalue weighted by molar-refractivity contribution is 5.65. The predicted octanol–water partition coefficient (Wildman–Crippen LogP) is 0.367. The van der Waals surface area contributed by atoms with Crippen LogP contribution in [-0.4, -0.2) is 40.4 Å². The summed E-state index contributed by atoms with van der Waals surface area (Å²) in [7, 11) is 0. The Morgan fingerprint density at radius 3 is 2.75 bits per heavy atom. The largest absolute Gasteiger partial charge is 0.465 e. The van der Waals surface area contributed by atoms with E-state index in [2.05, 4.69) is 0 Å². The molecule has 4 heteroatoms. The van der Waals surface area contributed by atoms with Crippen molar-refractivity contribution in [1.29, 1.82) is 0 Å². The van der Waals surface area contributed by atoms with Crippen LogP contribution in [0.5, 0.6) is 0 Å². The zero-order chi connectivity index (χ0) is 8.72. The second-order valence-electron chi connectivity index (χ2n) is 3.76. The molecule has 1 heterocycles. The lowest BCUT2D eigenvalue weighted by molar-refractivity contribution is 0.0747. The van der Waals surface area contributed by atoms with Crippen LogP contribution in [-0.2, 0) is 0 Å². The van der Waals surface area contributed by atoms with Crippen molar-refractivity contribution in [2.75, 3.05) is 13.2 Å². The number of carbonyl (C=O) groups is 1. The van der Waals surface area contributed by atoms with Crippen molar-refractivity contribution in [3.05, 3.63) is 0 Å². The molecule has 0 bridgehead atoms. The van der Waals surface area contributed by atoms with Gasteiger partial charge in [0.05, 0.1) is 12.6 Å². The third kappa shape index (κ3) is 1.16. The number of nitrogens with zero attached hydrogens (tertiary/aromatic N) is 1. The van der Waals surface area contributed by atoms with Gasteiger partial charge in [-0.15, -0.1) is 0 Å². The number of rotatable bonds is 1. The lowest BCUT2D eigenvalue weighted by Gasteiger charge is -2.31. The van der Waals surface area contributed by atoms with E-state index in [-0.39, 0.29) is 12.6 Å². The number of hydrogen-bond acceptors (Lipinski definition) is 2. The van der Waals surface area contributed by atoms with Crippen LogP contribution in [0.1, 0.15) is 12.8 Å². The number of piperidine rings is 1. The Hall–Kier alpha value is -0.770. The van der Waals surface area contributed by atoms with Crippen molar-refractivity contribution in [3.8, 4) is 0 Å². The van der Waals surface area contributed by atoms with E-state index in [1.54, 1.807) is 0 Å². The maximum atomic E-state index is 10.7. The summed E-state index contributed by atoms with van der Waals surface area (Å²) in [6.07, 6.45) is 1.12. The van der Waals surface area contributed by atoms with Crippen molar-refractivity contribution in [1.82, 2.24) is 4.90 Å². The molecule has 2 rings (SSSR count). The highest BCUT2D eigenvalue weighted by Gasteiger charge is 2.46. The van der Waals surface area contributed by atoms with Gasteiger partial charge in [0, 0.05) is 6.54 Å². The average molecular weight is 171 g/mol. The summed E-state index contributed by atoms with van der Waals surface area (Å²) in [5, 5.41) is 17.7. The summed E-state index contributed by atoms with van der Waals surface area (Å²) in [5.41, 5.74) is 0. The average Bonchev–Trinajstić information content (AvgIpc) is 2.79. The van der Waals surface area contributed by atoms with Crippen molar-refractivity contribution < 1.29 is 15.0 Å². The third-order valence-electron chi connectivity index (χ3n) is 2.97. The van der Waals surface area contributed by atoms with Gasteiger partial charge in [-0.3, -0.25) is 0 Å². The molecule has 1 aliphatic carbocycles. The second-order valence-corrected chi connectivity index (χ2v) is 3.76. The van der Waals surface area contributed by atoms with Crippen LogP contribution in [0, 0.1) is 11.8 Å². The molecule has 0 aromatic carbocycles. The molecule has 2 aliphatic rings. The topological polar surface area (TPSA) is 60.8 Å². The van der Waals surface area contributed by atoms with E-state index in [9.17, 15) is 4.79 Å². The smallest absolute Gasteiger partial charge is 0.407 e. The Kier molecular flexibility index (Phi) is 1.72. The molecule has 0 aromatic heterocycles. The maximum absolute atomic E-state index is 10.7. The fourth-order valence-electron chi connectivity index (χ4n) is 2.11. The van der Waals surface area contributed by atoms with Crippen molar-refractivity contribution in [2.45, 2.75) is 18.9 Å². The first-order valence-corrected chi connectivity index (χ1v) is 4.32. The predicted molar refractivity (Wildman–Crippen MR) is 41.8 cm³/mol. The number of carboxylic acid groups (broad SMARTS) is 1. The Morgan fingerprint density at radius 1 is 1.42 bits per heavy atom. The summed E-state index contributed by atoms with van der Waals surface area (Å²) >= 11 is 0. The quantitative estimate of drug-likeness (QED) is 0.599. The molecule has 2 N–H and O–H groups in total. The molecule has 0 radical (unpaired) electrons. The molecule has 1 saturated carbocycles. The molecule has 3 unspecified atom stereocenters. The van der Waals surface area contributed by atoms with E-state index >= 15 is 0 Å². The number of aliphatic hydroxyl groups excluding tert-OH is 1. The van der Waals surface area contributed by atoms with Crippen LogP contribution >= 0.6 is 0 Å². The monoisotopic (exact) mass is 171 g/mol. The van der Waals surface area contributed by atoms with Crippen LogP contribution in [0.2, 0.25) is 0 Å². The molecule has 2 fully saturated rings. The van der Waals surface area contributed by atoms with E-state index in [0.717, 1.165) is 12.8 Å². The standard InChI is InChI=1S/C8H13NO3/c10-4-7-2-5-1-6(5)3-9(7)8(11)12/h5-7,10H,1-4H2,(H,11,12). The van der Waals surface area contributed by atoms with Gasteiger partial charge in [-0.1, -0.05) is 0 Å². The number of amides is 1. The van der Waals surface area contributed by atoms with Crippen molar-refractivity contribution in [2.24, 2.45) is 11.8 Å². The molecule has 1 aliphatic heterocycles. The van der Waals surface area contributed by atoms with E-state index in [1.807, 2.05) is 0 Å². The highest BCUT2D eigenvalue weighted by atomic mass is 16.4. The molecule has 4 nitrogen and oxygen atoms in total. The lowest BCUT2D eigenvalue weighted by Crippen LogP contribution is -2.45. The van der Waals surface area contributed by atoms with Gasteiger partial charge >= 0.3 is 6.09 Å². The Balaban J connectivity index is 2.03. The van der Waals surface area contributed by atoms with Gasteiger partial charge in [0.15, 0.2) is 0 Å². The van der Waals surface area contributed by atoms with E-state index < -0.39 is 6.09 Å². The molecule has 12 heavy (non-hydrogen) atoms. The molecule has 68 valence electrons. The first-order chi connectivity index (χ1) is 5.72. The summed E-state index contributed by atoms with van der Waals surface area (Å²) in [5.74, 6) is 1.28. The molecular weight excluding hydrogens is 158 g/mol. The minimum absolute atomic E-state index is 0.0322. The van der Waals surface area contributed by atoms with Gasteiger partial charge in [0.2, 0.25) is 0 Å². The van der Waals surface area contributed by atoms with E-state index in [4.69, 9.17) is 10.2 Å². The molecule has 1 saturated heterocycles. The molecule has 3 atom stereocenters. The normalized spacial score (nSPS) is 39.1. The van der Waals surface area contributed by atoms with Gasteiger partial charge < -0.3 is 15.1 Å². The first-order valence-electron chi connectivity index (χ1n) is 4.32. The minimum Gasteiger partial charge on any atom is -0.465 e. The van der Waals surface area contributed by atoms with E-state index in [0.29, 0.717) is 18.4 Å². The van der Waals surface area contributed by atoms with Gasteiger partial charge in [0.1, 0.15) is 0 Å². The Morgan fingerprint density at radius 2 is 2.17 bits per heavy atom. The third-order valence-corrected chi connectivity index (χ3v) is 2.97. The minimum atomic E-state index is -0.889. The maximum Gasteiger partial charge on any atom is 0.407 e. The number of likely N-dealkylation sites (tertiary alicyclic amines) is 1. The van der Waals surface area contributed by atoms with Gasteiger partial charge in [-0.05, 0) is 24.7 Å². The van der Waals surface area contributed by atoms with Crippen LogP contribution in [0.15, 0.2) is 0 Å². The molecule has 0 spiro atoms. The molecule has 1 amide bonds. The molecule has 0 aromatic rings. The fraction of sp³-hybridized carbons (Fsp3) is 0.875. The highest BCUT2D eigenvalue weighted by Crippen LogP contribution is 2.46. The van der Waals surface area contributed by atoms with Crippen LogP contribution in [0.3, 0.4) is 0 Å². The first kappa shape index (κ1) is 7.86. The fourth-order valence-corrected chi connectivity index (χ4v) is 2.11. The zero-order valence-corrected chi connectivity index (χ0v) is 6.81. The zero-order valence-electron chi connectivity index (χ0n) is 6.81. The van der Waals surface area contributed by atoms with Gasteiger partial charge in [-0.25, -0.2) is 4.79 Å². The van der Waals surface area contributed by atoms with Gasteiger partial charge in [-0.2, -0.15) is 0 Å². The molecular formula is C8H13NO3. The van der Waals surface area contributed by atoms with Crippen molar-refractivity contribution >= 4 is 6.09 Å². The number of fused-ring (bicyclic) bond motifs is 1. The Bertz CT molecular complexity index is 206. The SMILES string of the molecule is O=C(O)N1CC2CC2CC1CO. The van der Waals surface area contributed by atoms with Crippen LogP contribution in [0.4, 0.5) is 4.79 Å². The van der Waals surface area contributed by atoms with Crippen molar-refractivity contribution in [3.63, 3.8) is 0 Å². The van der Waals surface area contributed by atoms with Crippen LogP contribution < -0.4 is 0 Å². The lowest BCUT2D eigenvalue weighted by atomic mass is 10.0. The number of aliphatic hydroxyl groups is 1. The van der Waals surface area contributed by atoms with E-state index in [1.165, 1.54) is 4.90 Å². The van der Waals surface area contributed by atoms with Crippen LogP contribution in [0.25, 0.3) is 0 Å². The van der Waals surface area contributed by atoms with Gasteiger partial charge in [0.25, 0.3) is 0 Å². The summed E-state index contributed by atoms with van der Waals surface area (Å²) in [6.45, 7) is 0.598. The second kappa shape index (κ2) is 2.62.